The zero-order chi connectivity index (χ0) is 23.6. The van der Waals surface area contributed by atoms with Crippen LogP contribution < -0.4 is 0 Å². The molecular weight excluding hydrogens is 467 g/mol. The van der Waals surface area contributed by atoms with Crippen molar-refractivity contribution in [3.8, 4) is 0 Å². The first-order chi connectivity index (χ1) is 15.1. The van der Waals surface area contributed by atoms with E-state index < -0.39 is 29.5 Å². The molecule has 172 valence electrons. The predicted octanol–water partition coefficient (Wildman–Crippen LogP) is 4.89. The number of aliphatic imine (C=N–C) groups is 1. The Hall–Kier alpha value is -2.46. The van der Waals surface area contributed by atoms with Crippen LogP contribution in [0.5, 0.6) is 0 Å². The van der Waals surface area contributed by atoms with Crippen LogP contribution in [0.2, 0.25) is 5.02 Å². The lowest BCUT2D eigenvalue weighted by atomic mass is 9.93. The summed E-state index contributed by atoms with van der Waals surface area (Å²) in [6.07, 6.45) is -4.98. The van der Waals surface area contributed by atoms with Crippen molar-refractivity contribution in [2.45, 2.75) is 32.5 Å². The minimum atomic E-state index is -4.90. The van der Waals surface area contributed by atoms with Crippen molar-refractivity contribution in [2.24, 2.45) is 4.99 Å². The first-order valence-electron chi connectivity index (χ1n) is 9.80. The Morgan fingerprint density at radius 2 is 1.97 bits per heavy atom. The number of carbonyl (C=O) groups is 2. The fourth-order valence-corrected chi connectivity index (χ4v) is 4.50. The average Bonchev–Trinajstić information content (AvgIpc) is 3.14. The van der Waals surface area contributed by atoms with Crippen LogP contribution in [0.3, 0.4) is 0 Å². The summed E-state index contributed by atoms with van der Waals surface area (Å²) in [6.45, 7) is 3.67. The van der Waals surface area contributed by atoms with Gasteiger partial charge >= 0.3 is 12.1 Å². The lowest BCUT2D eigenvalue weighted by molar-refractivity contribution is -0.140. The van der Waals surface area contributed by atoms with Gasteiger partial charge in [0.05, 0.1) is 24.6 Å². The van der Waals surface area contributed by atoms with Crippen molar-refractivity contribution < 1.29 is 27.5 Å². The quantitative estimate of drug-likeness (QED) is 0.535. The Balaban J connectivity index is 2.20. The van der Waals surface area contributed by atoms with Crippen molar-refractivity contribution in [3.05, 3.63) is 57.2 Å². The van der Waals surface area contributed by atoms with Crippen LogP contribution in [0, 0.1) is 0 Å². The highest BCUT2D eigenvalue weighted by Gasteiger charge is 2.49. The summed E-state index contributed by atoms with van der Waals surface area (Å²) in [4.78, 5) is 32.1. The van der Waals surface area contributed by atoms with Crippen LogP contribution in [0.4, 0.5) is 13.2 Å². The van der Waals surface area contributed by atoms with Gasteiger partial charge in [0.15, 0.2) is 10.9 Å². The van der Waals surface area contributed by atoms with Gasteiger partial charge in [-0.1, -0.05) is 41.6 Å². The van der Waals surface area contributed by atoms with Crippen molar-refractivity contribution in [1.82, 2.24) is 9.80 Å². The Labute approximate surface area is 192 Å². The van der Waals surface area contributed by atoms with Crippen molar-refractivity contribution in [3.63, 3.8) is 0 Å². The van der Waals surface area contributed by atoms with Crippen molar-refractivity contribution in [2.75, 3.05) is 20.2 Å². The number of allylic oxidation sites excluding steroid dienone is 1. The average molecular weight is 488 g/mol. The van der Waals surface area contributed by atoms with Gasteiger partial charge in [0.1, 0.15) is 0 Å². The number of fused-ring (bicyclic) bond motifs is 1. The van der Waals surface area contributed by atoms with Gasteiger partial charge in [-0.05, 0) is 30.9 Å². The second kappa shape index (κ2) is 9.58. The summed E-state index contributed by atoms with van der Waals surface area (Å²) < 4.78 is 46.9. The van der Waals surface area contributed by atoms with Gasteiger partial charge in [0.25, 0.3) is 0 Å². The molecule has 0 aromatic heterocycles. The van der Waals surface area contributed by atoms with E-state index in [0.717, 1.165) is 11.8 Å². The van der Waals surface area contributed by atoms with Gasteiger partial charge in [-0.25, -0.2) is 9.79 Å². The van der Waals surface area contributed by atoms with Gasteiger partial charge in [0, 0.05) is 24.3 Å². The molecule has 2 aliphatic heterocycles. The van der Waals surface area contributed by atoms with Crippen LogP contribution >= 0.6 is 23.4 Å². The zero-order valence-corrected chi connectivity index (χ0v) is 19.1. The molecule has 0 radical (unpaired) electrons. The van der Waals surface area contributed by atoms with Crippen LogP contribution in [0.1, 0.15) is 31.9 Å². The Bertz CT molecular complexity index is 1020. The number of esters is 1. The number of benzene rings is 1. The third-order valence-corrected chi connectivity index (χ3v) is 6.24. The summed E-state index contributed by atoms with van der Waals surface area (Å²) in [5.74, 6) is -1.36. The Morgan fingerprint density at radius 3 is 2.56 bits per heavy atom. The molecule has 0 aliphatic carbocycles. The van der Waals surface area contributed by atoms with E-state index in [1.165, 1.54) is 22.8 Å². The number of hydrogen-bond donors (Lipinski definition) is 0. The minimum absolute atomic E-state index is 0.0113. The minimum Gasteiger partial charge on any atom is -0.463 e. The molecule has 11 heteroatoms. The van der Waals surface area contributed by atoms with E-state index in [1.54, 1.807) is 30.7 Å². The summed E-state index contributed by atoms with van der Waals surface area (Å²) in [7, 11) is 1.63. The summed E-state index contributed by atoms with van der Waals surface area (Å²) in [6, 6.07) is 5.07. The molecule has 0 spiro atoms. The lowest BCUT2D eigenvalue weighted by Crippen LogP contribution is -2.40. The van der Waals surface area contributed by atoms with Crippen molar-refractivity contribution >= 4 is 40.4 Å². The number of nitrogens with zero attached hydrogens (tertiary/aromatic N) is 3. The van der Waals surface area contributed by atoms with E-state index in [4.69, 9.17) is 16.3 Å². The van der Waals surface area contributed by atoms with Gasteiger partial charge in [0.2, 0.25) is 5.91 Å². The molecule has 6 nitrogen and oxygen atoms in total. The van der Waals surface area contributed by atoms with E-state index >= 15 is 0 Å². The lowest BCUT2D eigenvalue weighted by Gasteiger charge is -2.37. The SMILES string of the molecule is CCOC(=O)C1=C(C(F)(F)F)N=C2SC=C(CC(=O)N(C)CC)N2C1c1ccccc1Cl. The molecule has 2 heterocycles. The number of halogens is 4. The molecule has 3 rings (SSSR count). The molecule has 1 unspecified atom stereocenters. The molecule has 1 aromatic carbocycles. The second-order valence-corrected chi connectivity index (χ2v) is 8.22. The van der Waals surface area contributed by atoms with E-state index in [0.29, 0.717) is 12.2 Å². The molecule has 0 bridgehead atoms. The first-order valence-corrected chi connectivity index (χ1v) is 11.1. The van der Waals surface area contributed by atoms with Crippen LogP contribution in [0.25, 0.3) is 0 Å². The molecule has 1 amide bonds. The van der Waals surface area contributed by atoms with Gasteiger partial charge in [-0.3, -0.25) is 4.79 Å². The highest BCUT2D eigenvalue weighted by Crippen LogP contribution is 2.49. The maximum Gasteiger partial charge on any atom is 0.434 e. The van der Waals surface area contributed by atoms with E-state index in [2.05, 4.69) is 4.99 Å². The molecule has 1 aromatic rings. The molecule has 1 atom stereocenters. The van der Waals surface area contributed by atoms with Gasteiger partial charge in [-0.15, -0.1) is 0 Å². The maximum absolute atomic E-state index is 14.0. The fraction of sp³-hybridized carbons (Fsp3) is 0.381. The van der Waals surface area contributed by atoms with E-state index in [-0.39, 0.29) is 34.7 Å². The number of ether oxygens (including phenoxy) is 1. The molecular formula is C21H21ClF3N3O3S. The monoisotopic (exact) mass is 487 g/mol. The van der Waals surface area contributed by atoms with Gasteiger partial charge in [-0.2, -0.15) is 13.2 Å². The number of hydrogen-bond acceptors (Lipinski definition) is 6. The second-order valence-electron chi connectivity index (χ2n) is 6.98. The summed E-state index contributed by atoms with van der Waals surface area (Å²) in [5, 5.41) is 1.76. The number of amidine groups is 1. The fourth-order valence-electron chi connectivity index (χ4n) is 3.35. The number of thioether (sulfide) groups is 1. The third-order valence-electron chi connectivity index (χ3n) is 5.01. The van der Waals surface area contributed by atoms with Crippen LogP contribution in [0.15, 0.2) is 51.6 Å². The maximum atomic E-state index is 14.0. The first kappa shape index (κ1) is 24.2. The molecule has 0 saturated heterocycles. The van der Waals surface area contributed by atoms with Crippen LogP contribution in [-0.2, 0) is 14.3 Å². The number of amides is 1. The largest absolute Gasteiger partial charge is 0.463 e. The predicted molar refractivity (Wildman–Crippen MR) is 117 cm³/mol. The number of carbonyl (C=O) groups excluding carboxylic acids is 2. The molecule has 0 N–H and O–H groups in total. The standard InChI is InChI=1S/C21H21ClF3N3O3S/c1-4-27(3)15(29)10-12-11-32-20-26-18(21(23,24)25)16(19(30)31-5-2)17(28(12)20)13-8-6-7-9-14(13)22/h6-9,11,17H,4-5,10H2,1-3H3. The van der Waals surface area contributed by atoms with E-state index in [1.807, 2.05) is 6.92 Å². The topological polar surface area (TPSA) is 62.2 Å². The smallest absolute Gasteiger partial charge is 0.434 e. The highest BCUT2D eigenvalue weighted by molar-refractivity contribution is 8.16. The summed E-state index contributed by atoms with van der Waals surface area (Å²) >= 11 is 7.32. The zero-order valence-electron chi connectivity index (χ0n) is 17.6. The van der Waals surface area contributed by atoms with Gasteiger partial charge < -0.3 is 14.5 Å². The molecule has 2 aliphatic rings. The highest BCUT2D eigenvalue weighted by atomic mass is 35.5. The van der Waals surface area contributed by atoms with Crippen molar-refractivity contribution in [1.29, 1.82) is 0 Å². The van der Waals surface area contributed by atoms with E-state index in [9.17, 15) is 22.8 Å². The molecule has 0 saturated carbocycles. The number of rotatable bonds is 6. The molecule has 32 heavy (non-hydrogen) atoms. The molecule has 0 fully saturated rings. The summed E-state index contributed by atoms with van der Waals surface area (Å²) in [5.41, 5.74) is -1.30. The van der Waals surface area contributed by atoms with Crippen LogP contribution in [-0.4, -0.2) is 53.2 Å². The Morgan fingerprint density at radius 1 is 1.28 bits per heavy atom. The number of alkyl halides is 3. The Kier molecular flexibility index (Phi) is 7.24. The normalized spacial score (nSPS) is 18.2. The third kappa shape index (κ3) is 4.66.